The molecule has 34 heavy (non-hydrogen) atoms. The normalized spacial score (nSPS) is 13.0. The molecule has 0 unspecified atom stereocenters. The summed E-state index contributed by atoms with van der Waals surface area (Å²) in [4.78, 5) is 33.7. The van der Waals surface area contributed by atoms with Crippen molar-refractivity contribution < 1.29 is 4.79 Å². The van der Waals surface area contributed by atoms with Crippen LogP contribution in [0, 0.1) is 32.1 Å². The van der Waals surface area contributed by atoms with E-state index in [0.29, 0.717) is 20.8 Å². The van der Waals surface area contributed by atoms with E-state index in [4.69, 9.17) is 0 Å². The number of nitriles is 1. The van der Waals surface area contributed by atoms with Crippen LogP contribution in [0.2, 0.25) is 0 Å². The summed E-state index contributed by atoms with van der Waals surface area (Å²) in [5.74, 6) is -0.335. The summed E-state index contributed by atoms with van der Waals surface area (Å²) >= 11 is 2.97. The molecule has 0 aliphatic heterocycles. The first kappa shape index (κ1) is 22.5. The number of anilines is 1. The Hall–Kier alpha value is -3.28. The Bertz CT molecular complexity index is 1550. The standard InChI is InChI=1S/C26H24N4O2S2/c1-14-8-9-17(10-15(14)2)22-16(3)33-25-23(22)26(32)30(13-28-25)12-21(31)29-24-19(11-27)18-6-4-5-7-20(18)34-24/h8-10,13H,4-7,12H2,1-3H3,(H,29,31). The SMILES string of the molecule is Cc1ccc(-c2c(C)sc3ncn(CC(=O)Nc4sc5c(c4C#N)CCCC5)c(=O)c23)cc1C. The number of aromatic nitrogens is 2. The molecule has 4 aromatic rings. The Kier molecular flexibility index (Phi) is 5.84. The first-order valence-electron chi connectivity index (χ1n) is 11.3. The van der Waals surface area contributed by atoms with Gasteiger partial charge in [0.05, 0.1) is 17.3 Å². The molecule has 5 rings (SSSR count). The lowest BCUT2D eigenvalue weighted by molar-refractivity contribution is -0.116. The molecule has 172 valence electrons. The highest BCUT2D eigenvalue weighted by atomic mass is 32.1. The third-order valence-corrected chi connectivity index (χ3v) is 8.72. The van der Waals surface area contributed by atoms with Crippen LogP contribution in [0.5, 0.6) is 0 Å². The minimum Gasteiger partial charge on any atom is -0.315 e. The van der Waals surface area contributed by atoms with E-state index in [1.54, 1.807) is 0 Å². The smallest absolute Gasteiger partial charge is 0.263 e. The number of rotatable bonds is 4. The summed E-state index contributed by atoms with van der Waals surface area (Å²) < 4.78 is 1.36. The fraction of sp³-hybridized carbons (Fsp3) is 0.308. The third-order valence-electron chi connectivity index (χ3n) is 6.50. The predicted molar refractivity (Wildman–Crippen MR) is 138 cm³/mol. The molecule has 1 aliphatic rings. The van der Waals surface area contributed by atoms with Gasteiger partial charge in [-0.15, -0.1) is 22.7 Å². The lowest BCUT2D eigenvalue weighted by Gasteiger charge is -2.09. The number of thiophene rings is 2. The molecule has 0 saturated carbocycles. The molecule has 6 nitrogen and oxygen atoms in total. The Labute approximate surface area is 205 Å². The Morgan fingerprint density at radius 2 is 1.97 bits per heavy atom. The lowest BCUT2D eigenvalue weighted by Crippen LogP contribution is -2.27. The molecule has 0 saturated heterocycles. The summed E-state index contributed by atoms with van der Waals surface area (Å²) in [6, 6.07) is 8.44. The third kappa shape index (κ3) is 3.85. The molecule has 0 radical (unpaired) electrons. The van der Waals surface area contributed by atoms with Gasteiger partial charge in [0.2, 0.25) is 5.91 Å². The van der Waals surface area contributed by atoms with E-state index in [-0.39, 0.29) is 18.0 Å². The van der Waals surface area contributed by atoms with Crippen molar-refractivity contribution in [1.82, 2.24) is 9.55 Å². The van der Waals surface area contributed by atoms with Crippen LogP contribution in [0.1, 0.15) is 44.8 Å². The number of carbonyl (C=O) groups is 1. The maximum atomic E-state index is 13.5. The average molecular weight is 489 g/mol. The molecule has 0 fully saturated rings. The second-order valence-electron chi connectivity index (χ2n) is 8.77. The highest BCUT2D eigenvalue weighted by molar-refractivity contribution is 7.19. The molecule has 1 aliphatic carbocycles. The van der Waals surface area contributed by atoms with Crippen LogP contribution in [0.15, 0.2) is 29.3 Å². The van der Waals surface area contributed by atoms with Crippen molar-refractivity contribution in [3.05, 3.63) is 66.9 Å². The van der Waals surface area contributed by atoms with Gasteiger partial charge in [0.15, 0.2) is 0 Å². The van der Waals surface area contributed by atoms with Gasteiger partial charge in [0, 0.05) is 15.3 Å². The average Bonchev–Trinajstić information content (AvgIpc) is 3.34. The van der Waals surface area contributed by atoms with E-state index in [1.807, 2.05) is 13.0 Å². The topological polar surface area (TPSA) is 87.8 Å². The Balaban J connectivity index is 1.48. The van der Waals surface area contributed by atoms with Crippen molar-refractivity contribution in [1.29, 1.82) is 5.26 Å². The van der Waals surface area contributed by atoms with E-state index >= 15 is 0 Å². The Morgan fingerprint density at radius 1 is 1.18 bits per heavy atom. The van der Waals surface area contributed by atoms with Gasteiger partial charge in [0.1, 0.15) is 22.4 Å². The first-order valence-corrected chi connectivity index (χ1v) is 12.9. The van der Waals surface area contributed by atoms with Gasteiger partial charge >= 0.3 is 0 Å². The molecule has 1 amide bonds. The van der Waals surface area contributed by atoms with E-state index in [2.05, 4.69) is 42.4 Å². The zero-order chi connectivity index (χ0) is 24.0. The number of amides is 1. The highest BCUT2D eigenvalue weighted by Gasteiger charge is 2.23. The van der Waals surface area contributed by atoms with Crippen molar-refractivity contribution >= 4 is 43.8 Å². The van der Waals surface area contributed by atoms with E-state index < -0.39 is 0 Å². The van der Waals surface area contributed by atoms with Crippen LogP contribution in [0.3, 0.4) is 0 Å². The van der Waals surface area contributed by atoms with Gasteiger partial charge in [-0.2, -0.15) is 5.26 Å². The van der Waals surface area contributed by atoms with Gasteiger partial charge in [-0.05, 0) is 68.7 Å². The van der Waals surface area contributed by atoms with Crippen LogP contribution in [0.4, 0.5) is 5.00 Å². The number of nitrogens with one attached hydrogen (secondary N) is 1. The molecule has 1 aromatic carbocycles. The van der Waals surface area contributed by atoms with Gasteiger partial charge < -0.3 is 5.32 Å². The van der Waals surface area contributed by atoms with Gasteiger partial charge in [-0.1, -0.05) is 18.2 Å². The maximum Gasteiger partial charge on any atom is 0.263 e. The highest BCUT2D eigenvalue weighted by Crippen LogP contribution is 2.38. The molecule has 0 spiro atoms. The van der Waals surface area contributed by atoms with Gasteiger partial charge in [-0.3, -0.25) is 14.2 Å². The number of aryl methyl sites for hydroxylation is 4. The molecule has 1 N–H and O–H groups in total. The quantitative estimate of drug-likeness (QED) is 0.411. The number of nitrogens with zero attached hydrogens (tertiary/aromatic N) is 3. The summed E-state index contributed by atoms with van der Waals surface area (Å²) in [5.41, 5.74) is 5.63. The number of hydrogen-bond donors (Lipinski definition) is 1. The molecular weight excluding hydrogens is 464 g/mol. The van der Waals surface area contributed by atoms with Crippen molar-refractivity contribution in [2.24, 2.45) is 0 Å². The molecule has 3 aromatic heterocycles. The summed E-state index contributed by atoms with van der Waals surface area (Å²) in [6.07, 6.45) is 5.44. The van der Waals surface area contributed by atoms with Crippen LogP contribution in [-0.2, 0) is 24.2 Å². The number of hydrogen-bond acceptors (Lipinski definition) is 6. The molecule has 3 heterocycles. The monoisotopic (exact) mass is 488 g/mol. The molecule has 0 bridgehead atoms. The first-order chi connectivity index (χ1) is 16.4. The second kappa shape index (κ2) is 8.82. The zero-order valence-corrected chi connectivity index (χ0v) is 21.0. The number of fused-ring (bicyclic) bond motifs is 2. The summed E-state index contributed by atoms with van der Waals surface area (Å²) in [6.45, 7) is 5.96. The Morgan fingerprint density at radius 3 is 2.74 bits per heavy atom. The van der Waals surface area contributed by atoms with Gasteiger partial charge in [-0.25, -0.2) is 4.98 Å². The van der Waals surface area contributed by atoms with Crippen molar-refractivity contribution in [2.45, 2.75) is 53.0 Å². The zero-order valence-electron chi connectivity index (χ0n) is 19.3. The van der Waals surface area contributed by atoms with E-state index in [1.165, 1.54) is 44.0 Å². The van der Waals surface area contributed by atoms with Crippen LogP contribution in [-0.4, -0.2) is 15.5 Å². The molecule has 8 heteroatoms. The lowest BCUT2D eigenvalue weighted by atomic mass is 9.96. The minimum atomic E-state index is -0.335. The fourth-order valence-electron chi connectivity index (χ4n) is 4.59. The molecular formula is C26H24N4O2S2. The second-order valence-corrected chi connectivity index (χ2v) is 11.1. The minimum absolute atomic E-state index is 0.156. The van der Waals surface area contributed by atoms with E-state index in [0.717, 1.165) is 52.8 Å². The maximum absolute atomic E-state index is 13.5. The van der Waals surface area contributed by atoms with Crippen molar-refractivity contribution in [3.63, 3.8) is 0 Å². The summed E-state index contributed by atoms with van der Waals surface area (Å²) in [7, 11) is 0. The molecule has 0 atom stereocenters. The van der Waals surface area contributed by atoms with E-state index in [9.17, 15) is 14.9 Å². The van der Waals surface area contributed by atoms with Crippen LogP contribution < -0.4 is 10.9 Å². The van der Waals surface area contributed by atoms with Crippen LogP contribution >= 0.6 is 22.7 Å². The van der Waals surface area contributed by atoms with Crippen LogP contribution in [0.25, 0.3) is 21.3 Å². The predicted octanol–water partition coefficient (Wildman–Crippen LogP) is 5.50. The number of carbonyl (C=O) groups excluding carboxylic acids is 1. The number of benzene rings is 1. The van der Waals surface area contributed by atoms with Gasteiger partial charge in [0.25, 0.3) is 5.56 Å². The van der Waals surface area contributed by atoms with Crippen molar-refractivity contribution in [3.8, 4) is 17.2 Å². The fourth-order valence-corrected chi connectivity index (χ4v) is 6.85. The summed E-state index contributed by atoms with van der Waals surface area (Å²) in [5, 5.41) is 13.7. The largest absolute Gasteiger partial charge is 0.315 e. The van der Waals surface area contributed by atoms with Crippen molar-refractivity contribution in [2.75, 3.05) is 5.32 Å².